The first kappa shape index (κ1) is 12.7. The lowest BCUT2D eigenvalue weighted by Crippen LogP contribution is -2.08. The summed E-state index contributed by atoms with van der Waals surface area (Å²) in [6.45, 7) is 0. The highest BCUT2D eigenvalue weighted by atomic mass is 19.4. The van der Waals surface area contributed by atoms with E-state index in [4.69, 9.17) is 0 Å². The van der Waals surface area contributed by atoms with Crippen molar-refractivity contribution in [2.45, 2.75) is 12.6 Å². The predicted octanol–water partition coefficient (Wildman–Crippen LogP) is 4.25. The van der Waals surface area contributed by atoms with Crippen LogP contribution in [0, 0.1) is 0 Å². The Morgan fingerprint density at radius 1 is 1.05 bits per heavy atom. The fourth-order valence-electron chi connectivity index (χ4n) is 2.21. The Kier molecular flexibility index (Phi) is 2.97. The summed E-state index contributed by atoms with van der Waals surface area (Å²) in [5, 5.41) is 2.96. The average Bonchev–Trinajstić information content (AvgIpc) is 2.46. The molecule has 0 spiro atoms. The highest BCUT2D eigenvalue weighted by Crippen LogP contribution is 2.37. The van der Waals surface area contributed by atoms with Crippen molar-refractivity contribution in [1.82, 2.24) is 4.98 Å². The second-order valence-electron chi connectivity index (χ2n) is 4.50. The summed E-state index contributed by atoms with van der Waals surface area (Å²) in [5.41, 5.74) is 0.721. The fraction of sp³-hybridized carbons (Fsp3) is 0.133. The molecule has 2 aromatic rings. The van der Waals surface area contributed by atoms with Crippen molar-refractivity contribution >= 4 is 5.82 Å². The molecule has 0 aliphatic carbocycles. The SMILES string of the molecule is FC(F)(F)c1ccccc1-c1ccc2c(n1)NC=CC2. The van der Waals surface area contributed by atoms with Crippen LogP contribution >= 0.6 is 0 Å². The molecular formula is C15H11F3N2. The van der Waals surface area contributed by atoms with Gasteiger partial charge in [-0.05, 0) is 30.3 Å². The quantitative estimate of drug-likeness (QED) is 0.842. The number of hydrogen-bond donors (Lipinski definition) is 1. The van der Waals surface area contributed by atoms with Crippen LogP contribution in [0.15, 0.2) is 48.7 Å². The van der Waals surface area contributed by atoms with Gasteiger partial charge >= 0.3 is 6.18 Å². The minimum absolute atomic E-state index is 0.0964. The van der Waals surface area contributed by atoms with E-state index in [1.54, 1.807) is 24.4 Å². The maximum absolute atomic E-state index is 13.0. The van der Waals surface area contributed by atoms with E-state index in [2.05, 4.69) is 10.3 Å². The molecule has 2 nitrogen and oxygen atoms in total. The number of fused-ring (bicyclic) bond motifs is 1. The molecule has 2 heterocycles. The molecule has 0 atom stereocenters. The number of anilines is 1. The number of allylic oxidation sites excluding steroid dienone is 1. The van der Waals surface area contributed by atoms with Gasteiger partial charge in [0, 0.05) is 5.56 Å². The second kappa shape index (κ2) is 4.67. The Hall–Kier alpha value is -2.30. The first-order chi connectivity index (χ1) is 9.55. The Labute approximate surface area is 114 Å². The van der Waals surface area contributed by atoms with Crippen molar-refractivity contribution in [2.24, 2.45) is 0 Å². The average molecular weight is 276 g/mol. The molecule has 5 heteroatoms. The Morgan fingerprint density at radius 3 is 2.65 bits per heavy atom. The second-order valence-corrected chi connectivity index (χ2v) is 4.50. The summed E-state index contributed by atoms with van der Waals surface area (Å²) in [4.78, 5) is 4.30. The number of nitrogens with zero attached hydrogens (tertiary/aromatic N) is 1. The molecule has 0 unspecified atom stereocenters. The van der Waals surface area contributed by atoms with Crippen LogP contribution in [-0.4, -0.2) is 4.98 Å². The zero-order chi connectivity index (χ0) is 14.2. The summed E-state index contributed by atoms with van der Waals surface area (Å²) in [6, 6.07) is 8.91. The van der Waals surface area contributed by atoms with Crippen LogP contribution < -0.4 is 5.32 Å². The van der Waals surface area contributed by atoms with Gasteiger partial charge in [-0.2, -0.15) is 13.2 Å². The Balaban J connectivity index is 2.11. The highest BCUT2D eigenvalue weighted by molar-refractivity contribution is 5.67. The normalized spacial score (nSPS) is 13.8. The van der Waals surface area contributed by atoms with Gasteiger partial charge in [-0.3, -0.25) is 0 Å². The van der Waals surface area contributed by atoms with E-state index < -0.39 is 11.7 Å². The highest BCUT2D eigenvalue weighted by Gasteiger charge is 2.33. The van der Waals surface area contributed by atoms with E-state index in [0.29, 0.717) is 11.5 Å². The number of alkyl halides is 3. The molecule has 0 saturated carbocycles. The van der Waals surface area contributed by atoms with E-state index in [1.807, 2.05) is 6.08 Å². The van der Waals surface area contributed by atoms with Crippen molar-refractivity contribution in [3.63, 3.8) is 0 Å². The summed E-state index contributed by atoms with van der Waals surface area (Å²) in [6.07, 6.45) is 0.0279. The van der Waals surface area contributed by atoms with Crippen LogP contribution in [0.4, 0.5) is 19.0 Å². The fourth-order valence-corrected chi connectivity index (χ4v) is 2.21. The van der Waals surface area contributed by atoms with Crippen molar-refractivity contribution in [1.29, 1.82) is 0 Å². The minimum Gasteiger partial charge on any atom is -0.347 e. The standard InChI is InChI=1S/C15H11F3N2/c16-15(17,18)12-6-2-1-5-11(12)13-8-7-10-4-3-9-19-14(10)20-13/h1-3,5-9H,4H2,(H,19,20). The van der Waals surface area contributed by atoms with Crippen LogP contribution in [0.1, 0.15) is 11.1 Å². The summed E-state index contributed by atoms with van der Waals surface area (Å²) >= 11 is 0. The summed E-state index contributed by atoms with van der Waals surface area (Å²) in [7, 11) is 0. The minimum atomic E-state index is -4.39. The third kappa shape index (κ3) is 2.27. The molecule has 0 bridgehead atoms. The first-order valence-corrected chi connectivity index (χ1v) is 6.14. The molecule has 20 heavy (non-hydrogen) atoms. The van der Waals surface area contributed by atoms with Gasteiger partial charge in [0.2, 0.25) is 0 Å². The van der Waals surface area contributed by atoms with E-state index in [1.165, 1.54) is 12.1 Å². The van der Waals surface area contributed by atoms with Crippen LogP contribution in [0.5, 0.6) is 0 Å². The molecule has 1 aliphatic heterocycles. The van der Waals surface area contributed by atoms with Gasteiger partial charge < -0.3 is 5.32 Å². The van der Waals surface area contributed by atoms with Gasteiger partial charge in [0.1, 0.15) is 5.82 Å². The third-order valence-corrected chi connectivity index (χ3v) is 3.16. The van der Waals surface area contributed by atoms with E-state index in [9.17, 15) is 13.2 Å². The van der Waals surface area contributed by atoms with Crippen LogP contribution in [0.3, 0.4) is 0 Å². The molecule has 0 saturated heterocycles. The van der Waals surface area contributed by atoms with Gasteiger partial charge in [-0.1, -0.05) is 30.3 Å². The van der Waals surface area contributed by atoms with E-state index >= 15 is 0 Å². The third-order valence-electron chi connectivity index (χ3n) is 3.16. The summed E-state index contributed by atoms with van der Waals surface area (Å²) in [5.74, 6) is 0.613. The van der Waals surface area contributed by atoms with Gasteiger partial charge in [-0.25, -0.2) is 4.98 Å². The van der Waals surface area contributed by atoms with Gasteiger partial charge in [0.15, 0.2) is 0 Å². The van der Waals surface area contributed by atoms with Crippen molar-refractivity contribution in [2.75, 3.05) is 5.32 Å². The number of benzene rings is 1. The van der Waals surface area contributed by atoms with Crippen LogP contribution in [-0.2, 0) is 12.6 Å². The number of pyridine rings is 1. The monoisotopic (exact) mass is 276 g/mol. The molecule has 3 rings (SSSR count). The lowest BCUT2D eigenvalue weighted by Gasteiger charge is -2.15. The lowest BCUT2D eigenvalue weighted by molar-refractivity contribution is -0.137. The Morgan fingerprint density at radius 2 is 1.85 bits per heavy atom. The zero-order valence-corrected chi connectivity index (χ0v) is 10.4. The zero-order valence-electron chi connectivity index (χ0n) is 10.4. The number of hydrogen-bond acceptors (Lipinski definition) is 2. The first-order valence-electron chi connectivity index (χ1n) is 6.14. The molecule has 1 N–H and O–H groups in total. The molecule has 1 aliphatic rings. The molecule has 102 valence electrons. The van der Waals surface area contributed by atoms with E-state index in [0.717, 1.165) is 18.1 Å². The van der Waals surface area contributed by atoms with Crippen molar-refractivity contribution in [3.05, 3.63) is 59.8 Å². The largest absolute Gasteiger partial charge is 0.417 e. The number of halogens is 3. The van der Waals surface area contributed by atoms with Crippen LogP contribution in [0.2, 0.25) is 0 Å². The predicted molar refractivity (Wildman–Crippen MR) is 71.1 cm³/mol. The summed E-state index contributed by atoms with van der Waals surface area (Å²) < 4.78 is 39.1. The lowest BCUT2D eigenvalue weighted by atomic mass is 10.0. The van der Waals surface area contributed by atoms with Gasteiger partial charge in [0.05, 0.1) is 11.3 Å². The maximum atomic E-state index is 13.0. The smallest absolute Gasteiger partial charge is 0.347 e. The van der Waals surface area contributed by atoms with Gasteiger partial charge in [-0.15, -0.1) is 0 Å². The Bertz CT molecular complexity index is 675. The maximum Gasteiger partial charge on any atom is 0.417 e. The molecule has 1 aromatic carbocycles. The number of aromatic nitrogens is 1. The van der Waals surface area contributed by atoms with Crippen LogP contribution in [0.25, 0.3) is 11.3 Å². The number of nitrogens with one attached hydrogen (secondary N) is 1. The molecule has 0 amide bonds. The van der Waals surface area contributed by atoms with Crippen molar-refractivity contribution in [3.8, 4) is 11.3 Å². The molecule has 1 aromatic heterocycles. The molecule has 0 radical (unpaired) electrons. The topological polar surface area (TPSA) is 24.9 Å². The van der Waals surface area contributed by atoms with Gasteiger partial charge in [0.25, 0.3) is 0 Å². The van der Waals surface area contributed by atoms with Crippen molar-refractivity contribution < 1.29 is 13.2 Å². The number of rotatable bonds is 1. The van der Waals surface area contributed by atoms with E-state index in [-0.39, 0.29) is 5.56 Å². The molecular weight excluding hydrogens is 265 g/mol. The molecule has 0 fully saturated rings.